The summed E-state index contributed by atoms with van der Waals surface area (Å²) in [6, 6.07) is 0. The number of allylic oxidation sites excluding steroid dienone is 1. The fourth-order valence-electron chi connectivity index (χ4n) is 0.999. The molecule has 0 aliphatic heterocycles. The third-order valence-corrected chi connectivity index (χ3v) is 2.65. The molecule has 0 amide bonds. The molecule has 1 heterocycles. The van der Waals surface area contributed by atoms with Crippen LogP contribution in [0.4, 0.5) is 5.69 Å². The van der Waals surface area contributed by atoms with E-state index in [1.807, 2.05) is 19.9 Å². The number of nitrogens with zero attached hydrogens (tertiary/aromatic N) is 2. The lowest BCUT2D eigenvalue weighted by Crippen LogP contribution is -2.21. The number of hydrogen-bond acceptors (Lipinski definition) is 3. The van der Waals surface area contributed by atoms with E-state index in [0.29, 0.717) is 11.0 Å². The predicted molar refractivity (Wildman–Crippen MR) is 65.1 cm³/mol. The van der Waals surface area contributed by atoms with Crippen molar-refractivity contribution in [3.8, 4) is 0 Å². The summed E-state index contributed by atoms with van der Waals surface area (Å²) in [6.45, 7) is 4.74. The smallest absolute Gasteiger partial charge is 0.282 e. The van der Waals surface area contributed by atoms with E-state index in [2.05, 4.69) is 26.3 Å². The van der Waals surface area contributed by atoms with Crippen LogP contribution < -0.4 is 10.9 Å². The van der Waals surface area contributed by atoms with Crippen LogP contribution in [0.3, 0.4) is 0 Å². The van der Waals surface area contributed by atoms with Gasteiger partial charge < -0.3 is 5.32 Å². The van der Waals surface area contributed by atoms with Crippen LogP contribution in [0.5, 0.6) is 0 Å². The van der Waals surface area contributed by atoms with E-state index in [-0.39, 0.29) is 5.56 Å². The maximum atomic E-state index is 11.5. The molecule has 0 aliphatic rings. The average molecular weight is 272 g/mol. The van der Waals surface area contributed by atoms with Crippen molar-refractivity contribution >= 4 is 21.6 Å². The molecule has 5 heteroatoms. The Bertz CT molecular complexity index is 433. The minimum absolute atomic E-state index is 0.141. The van der Waals surface area contributed by atoms with Crippen LogP contribution in [0.15, 0.2) is 27.1 Å². The highest BCUT2D eigenvalue weighted by molar-refractivity contribution is 9.10. The van der Waals surface area contributed by atoms with E-state index >= 15 is 0 Å². The highest BCUT2D eigenvalue weighted by atomic mass is 79.9. The minimum Gasteiger partial charge on any atom is -0.379 e. The van der Waals surface area contributed by atoms with Gasteiger partial charge in [-0.15, -0.1) is 0 Å². The second kappa shape index (κ2) is 5.11. The van der Waals surface area contributed by atoms with Gasteiger partial charge in [0.1, 0.15) is 4.47 Å². The van der Waals surface area contributed by atoms with Gasteiger partial charge in [-0.3, -0.25) is 4.79 Å². The monoisotopic (exact) mass is 271 g/mol. The molecule has 1 rings (SSSR count). The maximum absolute atomic E-state index is 11.5. The summed E-state index contributed by atoms with van der Waals surface area (Å²) in [5.41, 5.74) is 1.81. The Morgan fingerprint density at radius 2 is 2.33 bits per heavy atom. The molecule has 1 aromatic heterocycles. The zero-order valence-corrected chi connectivity index (χ0v) is 10.6. The first-order valence-electron chi connectivity index (χ1n) is 4.61. The van der Waals surface area contributed by atoms with Crippen LogP contribution in [-0.2, 0) is 7.05 Å². The molecule has 0 saturated carbocycles. The van der Waals surface area contributed by atoms with Crippen molar-refractivity contribution in [2.24, 2.45) is 7.05 Å². The molecular weight excluding hydrogens is 258 g/mol. The van der Waals surface area contributed by atoms with E-state index in [1.54, 1.807) is 13.2 Å². The average Bonchev–Trinajstić information content (AvgIpc) is 2.18. The van der Waals surface area contributed by atoms with Crippen LogP contribution in [-0.4, -0.2) is 16.3 Å². The van der Waals surface area contributed by atoms with E-state index in [1.165, 1.54) is 10.3 Å². The third kappa shape index (κ3) is 3.20. The molecule has 82 valence electrons. The van der Waals surface area contributed by atoms with Crippen LogP contribution >= 0.6 is 15.9 Å². The lowest BCUT2D eigenvalue weighted by atomic mass is 10.3. The summed E-state index contributed by atoms with van der Waals surface area (Å²) in [7, 11) is 1.62. The number of hydrogen-bond donors (Lipinski definition) is 1. The zero-order chi connectivity index (χ0) is 11.4. The molecule has 0 bridgehead atoms. The van der Waals surface area contributed by atoms with Crippen molar-refractivity contribution in [2.45, 2.75) is 13.8 Å². The van der Waals surface area contributed by atoms with Gasteiger partial charge in [0.15, 0.2) is 0 Å². The normalized spacial score (nSPS) is 9.87. The highest BCUT2D eigenvalue weighted by Gasteiger charge is 2.04. The molecule has 0 aromatic carbocycles. The molecule has 0 saturated heterocycles. The summed E-state index contributed by atoms with van der Waals surface area (Å²) in [6.07, 6.45) is 3.67. The van der Waals surface area contributed by atoms with Gasteiger partial charge >= 0.3 is 0 Å². The van der Waals surface area contributed by atoms with Crippen molar-refractivity contribution in [3.63, 3.8) is 0 Å². The number of nitrogens with one attached hydrogen (secondary N) is 1. The molecule has 0 atom stereocenters. The molecule has 1 aromatic rings. The Labute approximate surface area is 97.1 Å². The lowest BCUT2D eigenvalue weighted by Gasteiger charge is -2.06. The van der Waals surface area contributed by atoms with Crippen LogP contribution in [0.25, 0.3) is 0 Å². The molecule has 0 aliphatic carbocycles. The van der Waals surface area contributed by atoms with Gasteiger partial charge in [-0.1, -0.05) is 11.6 Å². The number of aromatic nitrogens is 2. The first kappa shape index (κ1) is 12.0. The van der Waals surface area contributed by atoms with Gasteiger partial charge in [0.05, 0.1) is 11.9 Å². The largest absolute Gasteiger partial charge is 0.379 e. The zero-order valence-electron chi connectivity index (χ0n) is 9.04. The standard InChI is InChI=1S/C10H14BrN3O/c1-7(2)4-5-12-8-6-13-14(3)10(15)9(8)11/h4,6,12H,5H2,1-3H3. The summed E-state index contributed by atoms with van der Waals surface area (Å²) in [5.74, 6) is 0. The SMILES string of the molecule is CC(C)=CCNc1cnn(C)c(=O)c1Br. The molecule has 0 spiro atoms. The van der Waals surface area contributed by atoms with Crippen molar-refractivity contribution < 1.29 is 0 Å². The second-order valence-corrected chi connectivity index (χ2v) is 4.26. The molecule has 1 N–H and O–H groups in total. The highest BCUT2D eigenvalue weighted by Crippen LogP contribution is 2.15. The van der Waals surface area contributed by atoms with Gasteiger partial charge in [-0.25, -0.2) is 4.68 Å². The fourth-order valence-corrected chi connectivity index (χ4v) is 1.50. The van der Waals surface area contributed by atoms with E-state index in [4.69, 9.17) is 0 Å². The fraction of sp³-hybridized carbons (Fsp3) is 0.400. The van der Waals surface area contributed by atoms with Gasteiger partial charge in [-0.2, -0.15) is 5.10 Å². The Balaban J connectivity index is 2.84. The predicted octanol–water partition coefficient (Wildman–Crippen LogP) is 1.92. The van der Waals surface area contributed by atoms with Crippen LogP contribution in [0.2, 0.25) is 0 Å². The minimum atomic E-state index is -0.141. The molecule has 0 fully saturated rings. The van der Waals surface area contributed by atoms with Gasteiger partial charge in [0.2, 0.25) is 0 Å². The first-order chi connectivity index (χ1) is 7.02. The lowest BCUT2D eigenvalue weighted by molar-refractivity contribution is 0.703. The Morgan fingerprint density at radius 1 is 1.67 bits per heavy atom. The summed E-state index contributed by atoms with van der Waals surface area (Å²) in [4.78, 5) is 11.5. The molecule has 0 unspecified atom stereocenters. The van der Waals surface area contributed by atoms with Crippen LogP contribution in [0, 0.1) is 0 Å². The number of anilines is 1. The van der Waals surface area contributed by atoms with E-state index in [9.17, 15) is 4.79 Å². The molecule has 15 heavy (non-hydrogen) atoms. The molecular formula is C10H14BrN3O. The third-order valence-electron chi connectivity index (χ3n) is 1.88. The first-order valence-corrected chi connectivity index (χ1v) is 5.40. The van der Waals surface area contributed by atoms with Crippen molar-refractivity contribution in [2.75, 3.05) is 11.9 Å². The summed E-state index contributed by atoms with van der Waals surface area (Å²) >= 11 is 3.24. The van der Waals surface area contributed by atoms with E-state index in [0.717, 1.165) is 5.69 Å². The van der Waals surface area contributed by atoms with E-state index < -0.39 is 0 Å². The van der Waals surface area contributed by atoms with Crippen molar-refractivity contribution in [3.05, 3.63) is 32.7 Å². The number of aryl methyl sites for hydroxylation is 1. The Hall–Kier alpha value is -1.10. The molecule has 4 nitrogen and oxygen atoms in total. The molecule has 0 radical (unpaired) electrons. The quantitative estimate of drug-likeness (QED) is 0.855. The Morgan fingerprint density at radius 3 is 2.93 bits per heavy atom. The van der Waals surface area contributed by atoms with Crippen molar-refractivity contribution in [1.82, 2.24) is 9.78 Å². The second-order valence-electron chi connectivity index (χ2n) is 3.46. The summed E-state index contributed by atoms with van der Waals surface area (Å²) in [5, 5.41) is 7.04. The van der Waals surface area contributed by atoms with Gasteiger partial charge in [0.25, 0.3) is 5.56 Å². The van der Waals surface area contributed by atoms with Gasteiger partial charge in [-0.05, 0) is 29.8 Å². The van der Waals surface area contributed by atoms with Crippen molar-refractivity contribution in [1.29, 1.82) is 0 Å². The number of rotatable bonds is 3. The number of halogens is 1. The summed E-state index contributed by atoms with van der Waals surface area (Å²) < 4.78 is 1.80. The Kier molecular flexibility index (Phi) is 4.08. The maximum Gasteiger partial charge on any atom is 0.282 e. The van der Waals surface area contributed by atoms with Crippen LogP contribution in [0.1, 0.15) is 13.8 Å². The topological polar surface area (TPSA) is 46.9 Å². The van der Waals surface area contributed by atoms with Gasteiger partial charge in [0, 0.05) is 13.6 Å².